The number of nitrogens with one attached hydrogen (secondary N) is 1. The summed E-state index contributed by atoms with van der Waals surface area (Å²) in [4.78, 5) is 6.64. The van der Waals surface area contributed by atoms with E-state index >= 15 is 0 Å². The minimum absolute atomic E-state index is 0.329. The van der Waals surface area contributed by atoms with E-state index in [0.29, 0.717) is 6.10 Å². The summed E-state index contributed by atoms with van der Waals surface area (Å²) in [5.74, 6) is 1.14. The summed E-state index contributed by atoms with van der Waals surface area (Å²) in [6, 6.07) is 0. The Balaban J connectivity index is 1.70. The first kappa shape index (κ1) is 12.5. The van der Waals surface area contributed by atoms with Gasteiger partial charge in [-0.15, -0.1) is 0 Å². The van der Waals surface area contributed by atoms with E-state index in [2.05, 4.69) is 26.8 Å². The second-order valence-corrected chi connectivity index (χ2v) is 4.66. The molecular weight excluding hydrogens is 216 g/mol. The Kier molecular flexibility index (Phi) is 4.53. The van der Waals surface area contributed by atoms with Gasteiger partial charge in [0.15, 0.2) is 0 Å². The van der Waals surface area contributed by atoms with Gasteiger partial charge in [-0.05, 0) is 7.05 Å². The normalized spacial score (nSPS) is 21.0. The summed E-state index contributed by atoms with van der Waals surface area (Å²) in [5.41, 5.74) is 0. The first-order chi connectivity index (χ1) is 8.25. The lowest BCUT2D eigenvalue weighted by atomic mass is 10.2. The highest BCUT2D eigenvalue weighted by Crippen LogP contribution is 2.01. The van der Waals surface area contributed by atoms with Gasteiger partial charge >= 0.3 is 0 Å². The number of aryl methyl sites for hydroxylation is 1. The highest BCUT2D eigenvalue weighted by atomic mass is 16.5. The molecule has 2 rings (SSSR count). The molecule has 17 heavy (non-hydrogen) atoms. The number of hydrogen-bond acceptors (Lipinski definition) is 4. The van der Waals surface area contributed by atoms with Gasteiger partial charge in [0.2, 0.25) is 0 Å². The number of nitrogens with zero attached hydrogens (tertiary/aromatic N) is 3. The molecule has 1 aliphatic heterocycles. The van der Waals surface area contributed by atoms with Gasteiger partial charge in [-0.25, -0.2) is 4.98 Å². The predicted octanol–water partition coefficient (Wildman–Crippen LogP) is -0.117. The molecule has 5 nitrogen and oxygen atoms in total. The Morgan fingerprint density at radius 1 is 1.65 bits per heavy atom. The van der Waals surface area contributed by atoms with E-state index in [1.807, 2.05) is 19.4 Å². The molecule has 0 spiro atoms. The van der Waals surface area contributed by atoms with Crippen molar-refractivity contribution in [1.82, 2.24) is 19.8 Å². The van der Waals surface area contributed by atoms with Crippen LogP contribution in [0.4, 0.5) is 0 Å². The number of ether oxygens (including phenoxy) is 1. The maximum absolute atomic E-state index is 5.68. The summed E-state index contributed by atoms with van der Waals surface area (Å²) in [6.45, 7) is 4.78. The fourth-order valence-corrected chi connectivity index (χ4v) is 2.10. The third-order valence-electron chi connectivity index (χ3n) is 3.16. The number of morpholine rings is 1. The van der Waals surface area contributed by atoms with Crippen molar-refractivity contribution in [2.75, 3.05) is 39.8 Å². The third kappa shape index (κ3) is 3.80. The minimum atomic E-state index is 0.329. The molecule has 1 aromatic heterocycles. The molecule has 1 aliphatic rings. The van der Waals surface area contributed by atoms with Crippen molar-refractivity contribution >= 4 is 0 Å². The highest BCUT2D eigenvalue weighted by molar-refractivity contribution is 4.91. The molecule has 1 unspecified atom stereocenters. The van der Waals surface area contributed by atoms with Crippen molar-refractivity contribution in [1.29, 1.82) is 0 Å². The van der Waals surface area contributed by atoms with E-state index in [4.69, 9.17) is 4.74 Å². The molecule has 5 heteroatoms. The van der Waals surface area contributed by atoms with Crippen LogP contribution in [0.2, 0.25) is 0 Å². The summed E-state index contributed by atoms with van der Waals surface area (Å²) in [5, 5.41) is 3.35. The van der Waals surface area contributed by atoms with Crippen LogP contribution in [0.3, 0.4) is 0 Å². The molecular formula is C12H22N4O. The molecule has 96 valence electrons. The van der Waals surface area contributed by atoms with Gasteiger partial charge in [-0.3, -0.25) is 0 Å². The van der Waals surface area contributed by atoms with E-state index in [-0.39, 0.29) is 0 Å². The van der Waals surface area contributed by atoms with Crippen molar-refractivity contribution in [3.05, 3.63) is 18.2 Å². The quantitative estimate of drug-likeness (QED) is 0.777. The molecule has 1 fully saturated rings. The SMILES string of the molecule is CN(CCc1nccn1C)CC1CNCCO1. The van der Waals surface area contributed by atoms with E-state index in [1.165, 1.54) is 0 Å². The van der Waals surface area contributed by atoms with Gasteiger partial charge in [0.25, 0.3) is 0 Å². The molecule has 0 bridgehead atoms. The van der Waals surface area contributed by atoms with Gasteiger partial charge in [-0.2, -0.15) is 0 Å². The predicted molar refractivity (Wildman–Crippen MR) is 67.0 cm³/mol. The van der Waals surface area contributed by atoms with Crippen molar-refractivity contribution in [2.45, 2.75) is 12.5 Å². The van der Waals surface area contributed by atoms with Crippen molar-refractivity contribution in [2.24, 2.45) is 7.05 Å². The van der Waals surface area contributed by atoms with Crippen LogP contribution in [0.1, 0.15) is 5.82 Å². The Bertz CT molecular complexity index is 333. The fraction of sp³-hybridized carbons (Fsp3) is 0.750. The Labute approximate surface area is 103 Å². The lowest BCUT2D eigenvalue weighted by molar-refractivity contribution is 0.0102. The van der Waals surface area contributed by atoms with Gasteiger partial charge in [0.05, 0.1) is 12.7 Å². The fourth-order valence-electron chi connectivity index (χ4n) is 2.10. The largest absolute Gasteiger partial charge is 0.374 e. The molecule has 0 saturated carbocycles. The molecule has 0 aliphatic carbocycles. The number of likely N-dealkylation sites (N-methyl/N-ethyl adjacent to an activating group) is 1. The highest BCUT2D eigenvalue weighted by Gasteiger charge is 2.15. The number of aromatic nitrogens is 2. The van der Waals surface area contributed by atoms with Gasteiger partial charge in [-0.1, -0.05) is 0 Å². The zero-order valence-electron chi connectivity index (χ0n) is 10.7. The van der Waals surface area contributed by atoms with Crippen molar-refractivity contribution in [3.8, 4) is 0 Å². The van der Waals surface area contributed by atoms with E-state index < -0.39 is 0 Å². The van der Waals surface area contributed by atoms with Gasteiger partial charge in [0, 0.05) is 52.0 Å². The first-order valence-corrected chi connectivity index (χ1v) is 6.23. The summed E-state index contributed by atoms with van der Waals surface area (Å²) < 4.78 is 7.76. The zero-order chi connectivity index (χ0) is 12.1. The summed E-state index contributed by atoms with van der Waals surface area (Å²) >= 11 is 0. The van der Waals surface area contributed by atoms with Crippen LogP contribution >= 0.6 is 0 Å². The smallest absolute Gasteiger partial charge is 0.109 e. The standard InChI is InChI=1S/C12H22N4O/c1-15(10-11-9-13-5-8-17-11)6-3-12-14-4-7-16(12)2/h4,7,11,13H,3,5-6,8-10H2,1-2H3. The van der Waals surface area contributed by atoms with Crippen molar-refractivity contribution < 1.29 is 4.74 Å². The molecule has 0 radical (unpaired) electrons. The van der Waals surface area contributed by atoms with E-state index in [9.17, 15) is 0 Å². The maximum Gasteiger partial charge on any atom is 0.109 e. The molecule has 1 aromatic rings. The summed E-state index contributed by atoms with van der Waals surface area (Å²) in [7, 11) is 4.18. The lowest BCUT2D eigenvalue weighted by Crippen LogP contribution is -2.44. The van der Waals surface area contributed by atoms with Crippen LogP contribution in [-0.2, 0) is 18.2 Å². The van der Waals surface area contributed by atoms with Crippen LogP contribution in [0.15, 0.2) is 12.4 Å². The second kappa shape index (κ2) is 6.14. The van der Waals surface area contributed by atoms with Crippen LogP contribution in [-0.4, -0.2) is 60.4 Å². The van der Waals surface area contributed by atoms with Crippen LogP contribution in [0, 0.1) is 0 Å². The average molecular weight is 238 g/mol. The molecule has 0 aromatic carbocycles. The van der Waals surface area contributed by atoms with Gasteiger partial charge in [0.1, 0.15) is 5.82 Å². The Morgan fingerprint density at radius 2 is 2.53 bits per heavy atom. The number of hydrogen-bond donors (Lipinski definition) is 1. The molecule has 1 atom stereocenters. The number of imidazole rings is 1. The van der Waals surface area contributed by atoms with Crippen LogP contribution < -0.4 is 5.32 Å². The lowest BCUT2D eigenvalue weighted by Gasteiger charge is -2.27. The summed E-state index contributed by atoms with van der Waals surface area (Å²) in [6.07, 6.45) is 5.16. The molecule has 1 N–H and O–H groups in total. The van der Waals surface area contributed by atoms with Crippen LogP contribution in [0.5, 0.6) is 0 Å². The zero-order valence-corrected chi connectivity index (χ0v) is 10.7. The molecule has 2 heterocycles. The van der Waals surface area contributed by atoms with Crippen LogP contribution in [0.25, 0.3) is 0 Å². The maximum atomic E-state index is 5.68. The second-order valence-electron chi connectivity index (χ2n) is 4.66. The van der Waals surface area contributed by atoms with E-state index in [0.717, 1.165) is 45.0 Å². The minimum Gasteiger partial charge on any atom is -0.374 e. The Morgan fingerprint density at radius 3 is 3.18 bits per heavy atom. The van der Waals surface area contributed by atoms with Gasteiger partial charge < -0.3 is 19.5 Å². The third-order valence-corrected chi connectivity index (χ3v) is 3.16. The molecule has 1 saturated heterocycles. The van der Waals surface area contributed by atoms with Crippen molar-refractivity contribution in [3.63, 3.8) is 0 Å². The monoisotopic (exact) mass is 238 g/mol. The Hall–Kier alpha value is -0.910. The first-order valence-electron chi connectivity index (χ1n) is 6.23. The molecule has 0 amide bonds. The van der Waals surface area contributed by atoms with E-state index in [1.54, 1.807) is 0 Å². The number of rotatable bonds is 5. The average Bonchev–Trinajstić information content (AvgIpc) is 2.74. The topological polar surface area (TPSA) is 42.3 Å².